The molecule has 0 amide bonds. The van der Waals surface area contributed by atoms with Crippen LogP contribution >= 0.6 is 0 Å². The van der Waals surface area contributed by atoms with E-state index in [-0.39, 0.29) is 12.1 Å². The Labute approximate surface area is 539 Å². The number of aromatic nitrogens is 2. The van der Waals surface area contributed by atoms with E-state index in [1.54, 1.807) is 0 Å². The van der Waals surface area contributed by atoms with Crippen LogP contribution in [0.15, 0.2) is 291 Å². The van der Waals surface area contributed by atoms with Crippen LogP contribution in [0.25, 0.3) is 217 Å². The van der Waals surface area contributed by atoms with Gasteiger partial charge in [0.25, 0.3) is 0 Å². The van der Waals surface area contributed by atoms with E-state index in [9.17, 15) is 0 Å². The molecule has 0 bridgehead atoms. The summed E-state index contributed by atoms with van der Waals surface area (Å²) in [6.07, 6.45) is 2.14. The third-order valence-corrected chi connectivity index (χ3v) is 22.8. The molecule has 1 saturated carbocycles. The van der Waals surface area contributed by atoms with Crippen molar-refractivity contribution in [1.29, 1.82) is 0 Å². The van der Waals surface area contributed by atoms with E-state index in [0.717, 1.165) is 12.8 Å². The second-order valence-electron chi connectivity index (χ2n) is 27.3. The molecule has 94 heavy (non-hydrogen) atoms. The highest BCUT2D eigenvalue weighted by molar-refractivity contribution is 6.30. The van der Waals surface area contributed by atoms with E-state index in [1.165, 1.54) is 217 Å². The van der Waals surface area contributed by atoms with Crippen LogP contribution in [-0.2, 0) is 0 Å². The molecule has 0 aliphatic heterocycles. The van der Waals surface area contributed by atoms with Crippen LogP contribution in [0.3, 0.4) is 0 Å². The Hall–Kier alpha value is -11.8. The molecule has 2 aromatic heterocycles. The zero-order valence-corrected chi connectivity index (χ0v) is 51.2. The van der Waals surface area contributed by atoms with Gasteiger partial charge >= 0.3 is 0 Å². The van der Waals surface area contributed by atoms with Crippen LogP contribution in [0, 0.1) is 0 Å². The SMILES string of the molecule is c1cc2ccc3ccc(-c4ccc5c(c4)c4cc(-c6ccc7ccc8cccc9ccc6c7c89)ccc4n5C4CCC4n4c5ccc(-c6ccc7ccc8cccc9ccc6c7c89)cc5c5cc(-c6ccc7ccc8cccc9ccc6c7c89)ccc54)c4ccc(c1)c2c34. The first-order chi connectivity index (χ1) is 46.6. The topological polar surface area (TPSA) is 9.86 Å². The maximum Gasteiger partial charge on any atom is 0.0551 e. The van der Waals surface area contributed by atoms with Crippen molar-refractivity contribution in [2.24, 2.45) is 0 Å². The van der Waals surface area contributed by atoms with Crippen molar-refractivity contribution in [3.63, 3.8) is 0 Å². The van der Waals surface area contributed by atoms with E-state index in [2.05, 4.69) is 300 Å². The van der Waals surface area contributed by atoms with Crippen LogP contribution in [0.5, 0.6) is 0 Å². The number of hydrogen-bond donors (Lipinski definition) is 0. The summed E-state index contributed by atoms with van der Waals surface area (Å²) in [6.45, 7) is 0. The molecule has 22 aromatic rings. The van der Waals surface area contributed by atoms with Gasteiger partial charge in [-0.15, -0.1) is 0 Å². The maximum atomic E-state index is 2.76. The average molecular weight is 1190 g/mol. The van der Waals surface area contributed by atoms with Crippen LogP contribution in [0.4, 0.5) is 0 Å². The van der Waals surface area contributed by atoms with Gasteiger partial charge in [0.2, 0.25) is 0 Å². The van der Waals surface area contributed by atoms with Gasteiger partial charge in [-0.2, -0.15) is 0 Å². The second-order valence-corrected chi connectivity index (χ2v) is 27.3. The summed E-state index contributed by atoms with van der Waals surface area (Å²) >= 11 is 0. The lowest BCUT2D eigenvalue weighted by Gasteiger charge is -2.40. The van der Waals surface area contributed by atoms with Gasteiger partial charge in [-0.1, -0.05) is 243 Å². The Morgan fingerprint density at radius 1 is 0.181 bits per heavy atom. The first-order valence-corrected chi connectivity index (χ1v) is 33.4. The lowest BCUT2D eigenvalue weighted by Crippen LogP contribution is -2.31. The largest absolute Gasteiger partial charge is 0.335 e. The number of benzene rings is 20. The van der Waals surface area contributed by atoms with Gasteiger partial charge in [0.15, 0.2) is 0 Å². The van der Waals surface area contributed by atoms with Gasteiger partial charge < -0.3 is 9.13 Å². The predicted molar refractivity (Wildman–Crippen MR) is 403 cm³/mol. The highest BCUT2D eigenvalue weighted by Gasteiger charge is 2.38. The summed E-state index contributed by atoms with van der Waals surface area (Å²) in [6, 6.07) is 113. The third-order valence-electron chi connectivity index (χ3n) is 22.8. The van der Waals surface area contributed by atoms with Gasteiger partial charge in [-0.05, 0) is 235 Å². The third kappa shape index (κ3) is 6.54. The number of hydrogen-bond acceptors (Lipinski definition) is 0. The van der Waals surface area contributed by atoms with E-state index < -0.39 is 0 Å². The van der Waals surface area contributed by atoms with Crippen molar-refractivity contribution in [2.75, 3.05) is 0 Å². The summed E-state index contributed by atoms with van der Waals surface area (Å²) < 4.78 is 5.52. The Morgan fingerprint density at radius 3 is 0.606 bits per heavy atom. The average Bonchev–Trinajstić information content (AvgIpc) is 1.43. The lowest BCUT2D eigenvalue weighted by molar-refractivity contribution is 0.205. The van der Waals surface area contributed by atoms with Crippen molar-refractivity contribution >= 4 is 173 Å². The fourth-order valence-electron chi connectivity index (χ4n) is 18.5. The lowest BCUT2D eigenvalue weighted by atomic mass is 9.85. The van der Waals surface area contributed by atoms with Crippen LogP contribution < -0.4 is 0 Å². The summed E-state index contributed by atoms with van der Waals surface area (Å²) in [5, 5.41) is 36.6. The Kier molecular flexibility index (Phi) is 9.56. The first-order valence-electron chi connectivity index (χ1n) is 33.4. The number of fused-ring (bicyclic) bond motifs is 6. The van der Waals surface area contributed by atoms with E-state index in [1.807, 2.05) is 0 Å². The molecule has 2 heterocycles. The van der Waals surface area contributed by atoms with Crippen molar-refractivity contribution in [3.05, 3.63) is 291 Å². The first kappa shape index (κ1) is 49.9. The molecule has 0 N–H and O–H groups in total. The van der Waals surface area contributed by atoms with E-state index in [0.29, 0.717) is 0 Å². The predicted octanol–water partition coefficient (Wildman–Crippen LogP) is 25.7. The molecular formula is C92H54N2. The molecule has 2 atom stereocenters. The number of nitrogens with zero attached hydrogens (tertiary/aromatic N) is 2. The minimum Gasteiger partial charge on any atom is -0.335 e. The summed E-state index contributed by atoms with van der Waals surface area (Å²) in [4.78, 5) is 0. The van der Waals surface area contributed by atoms with Gasteiger partial charge in [-0.25, -0.2) is 0 Å². The van der Waals surface area contributed by atoms with Gasteiger partial charge in [-0.3, -0.25) is 0 Å². The Balaban J connectivity index is 0.743. The van der Waals surface area contributed by atoms with Gasteiger partial charge in [0.1, 0.15) is 0 Å². The zero-order chi connectivity index (χ0) is 60.8. The van der Waals surface area contributed by atoms with Crippen LogP contribution in [-0.4, -0.2) is 9.13 Å². The second kappa shape index (κ2) is 18.0. The van der Waals surface area contributed by atoms with Crippen molar-refractivity contribution in [1.82, 2.24) is 9.13 Å². The van der Waals surface area contributed by atoms with Crippen LogP contribution in [0.2, 0.25) is 0 Å². The highest BCUT2D eigenvalue weighted by atomic mass is 15.1. The van der Waals surface area contributed by atoms with E-state index >= 15 is 0 Å². The van der Waals surface area contributed by atoms with Crippen molar-refractivity contribution < 1.29 is 0 Å². The normalized spacial score (nSPS) is 14.9. The molecule has 432 valence electrons. The summed E-state index contributed by atoms with van der Waals surface area (Å²) in [5.41, 5.74) is 15.2. The fraction of sp³-hybridized carbons (Fsp3) is 0.0435. The Bertz CT molecular complexity index is 6160. The fourth-order valence-corrected chi connectivity index (χ4v) is 18.5. The standard InChI is InChI=1S/C92H54N2/c1-5-51-13-17-59-21-33-67(71-37-25-55(9-1)85(51)89(59)71)63-29-41-79-75(47-63)76-48-64(68-34-22-60-18-14-52-6-2-10-56-26-38-72(68)90(60)86(52)56)30-42-80(76)93(79)83-45-46-84(83)94-81-43-31-65(69-35-23-61-19-15-53-7-3-11-57-27-39-73(69)91(61)87(53)57)49-77(81)78-50-66(32-44-82(78)94)70-36-24-62-20-16-54-8-4-12-58-28-40-74(70)92(62)88(54)58/h1-44,47-50,83-84H,45-46H2. The van der Waals surface area contributed by atoms with Gasteiger partial charge in [0, 0.05) is 43.6 Å². The molecule has 0 saturated heterocycles. The molecule has 1 fully saturated rings. The van der Waals surface area contributed by atoms with Crippen LogP contribution in [0.1, 0.15) is 24.9 Å². The van der Waals surface area contributed by atoms with E-state index in [4.69, 9.17) is 0 Å². The molecule has 1 aliphatic carbocycles. The molecule has 23 rings (SSSR count). The van der Waals surface area contributed by atoms with Gasteiger partial charge in [0.05, 0.1) is 12.1 Å². The number of rotatable bonds is 6. The maximum absolute atomic E-state index is 2.76. The quantitative estimate of drug-likeness (QED) is 0.147. The van der Waals surface area contributed by atoms with Crippen molar-refractivity contribution in [3.8, 4) is 44.5 Å². The zero-order valence-electron chi connectivity index (χ0n) is 51.2. The molecule has 2 unspecified atom stereocenters. The summed E-state index contributed by atoms with van der Waals surface area (Å²) in [7, 11) is 0. The monoisotopic (exact) mass is 1190 g/mol. The molecule has 0 spiro atoms. The Morgan fingerprint density at radius 2 is 0.383 bits per heavy atom. The molecule has 20 aromatic carbocycles. The minimum atomic E-state index is 0.189. The van der Waals surface area contributed by atoms with Crippen molar-refractivity contribution in [2.45, 2.75) is 24.9 Å². The smallest absolute Gasteiger partial charge is 0.0551 e. The summed E-state index contributed by atoms with van der Waals surface area (Å²) in [5.74, 6) is 0. The molecule has 0 radical (unpaired) electrons. The molecule has 1 aliphatic rings. The molecule has 2 heteroatoms. The molecular weight excluding hydrogens is 1130 g/mol. The highest BCUT2D eigenvalue weighted by Crippen LogP contribution is 2.53. The minimum absolute atomic E-state index is 0.189. The molecule has 2 nitrogen and oxygen atoms in total.